The maximum absolute atomic E-state index is 13.9. The Bertz CT molecular complexity index is 755. The summed E-state index contributed by atoms with van der Waals surface area (Å²) >= 11 is 0. The Morgan fingerprint density at radius 3 is 2.37 bits per heavy atom. The summed E-state index contributed by atoms with van der Waals surface area (Å²) in [6.45, 7) is 4.17. The fourth-order valence-electron chi connectivity index (χ4n) is 3.70. The highest BCUT2D eigenvalue weighted by Gasteiger charge is 2.29. The Kier molecular flexibility index (Phi) is 6.56. The van der Waals surface area contributed by atoms with Gasteiger partial charge in [-0.1, -0.05) is 25.1 Å². The van der Waals surface area contributed by atoms with Gasteiger partial charge in [0.2, 0.25) is 5.91 Å². The molecule has 5 heteroatoms. The average Bonchev–Trinajstić information content (AvgIpc) is 2.67. The SMILES string of the molecule is CCCC(=O)N(c1ccc(F)cc1)C1CCN(Cc2ccccc2F)CC1. The third kappa shape index (κ3) is 4.92. The van der Waals surface area contributed by atoms with Gasteiger partial charge >= 0.3 is 0 Å². The fourth-order valence-corrected chi connectivity index (χ4v) is 3.70. The number of likely N-dealkylation sites (tertiary alicyclic amines) is 1. The van der Waals surface area contributed by atoms with Gasteiger partial charge < -0.3 is 4.90 Å². The van der Waals surface area contributed by atoms with E-state index >= 15 is 0 Å². The third-order valence-electron chi connectivity index (χ3n) is 5.11. The molecule has 27 heavy (non-hydrogen) atoms. The molecule has 0 aliphatic carbocycles. The first-order valence-electron chi connectivity index (χ1n) is 9.62. The summed E-state index contributed by atoms with van der Waals surface area (Å²) in [5, 5.41) is 0. The van der Waals surface area contributed by atoms with Crippen LogP contribution in [0.15, 0.2) is 48.5 Å². The van der Waals surface area contributed by atoms with Crippen LogP contribution in [-0.4, -0.2) is 29.9 Å². The van der Waals surface area contributed by atoms with E-state index in [2.05, 4.69) is 4.90 Å². The number of hydrogen-bond acceptors (Lipinski definition) is 2. The Hall–Kier alpha value is -2.27. The van der Waals surface area contributed by atoms with Crippen LogP contribution in [0, 0.1) is 11.6 Å². The number of amides is 1. The van der Waals surface area contributed by atoms with Crippen molar-refractivity contribution in [3.8, 4) is 0 Å². The lowest BCUT2D eigenvalue weighted by Crippen LogP contribution is -2.47. The minimum absolute atomic E-state index is 0.0802. The Morgan fingerprint density at radius 1 is 1.07 bits per heavy atom. The second kappa shape index (κ2) is 9.09. The molecule has 1 fully saturated rings. The second-order valence-electron chi connectivity index (χ2n) is 7.09. The Morgan fingerprint density at radius 2 is 1.74 bits per heavy atom. The molecule has 0 bridgehead atoms. The van der Waals surface area contributed by atoms with E-state index < -0.39 is 0 Å². The van der Waals surface area contributed by atoms with Gasteiger partial charge in [-0.05, 0) is 49.6 Å². The van der Waals surface area contributed by atoms with Crippen LogP contribution in [0.2, 0.25) is 0 Å². The third-order valence-corrected chi connectivity index (χ3v) is 5.11. The number of piperidine rings is 1. The van der Waals surface area contributed by atoms with Crippen molar-refractivity contribution in [3.63, 3.8) is 0 Å². The molecule has 0 aromatic heterocycles. The number of carbonyl (C=O) groups excluding carboxylic acids is 1. The zero-order valence-corrected chi connectivity index (χ0v) is 15.7. The molecule has 1 saturated heterocycles. The van der Waals surface area contributed by atoms with E-state index in [0.717, 1.165) is 38.0 Å². The quantitative estimate of drug-likeness (QED) is 0.730. The topological polar surface area (TPSA) is 23.6 Å². The van der Waals surface area contributed by atoms with E-state index in [4.69, 9.17) is 0 Å². The highest BCUT2D eigenvalue weighted by atomic mass is 19.1. The van der Waals surface area contributed by atoms with Crippen LogP contribution in [0.5, 0.6) is 0 Å². The van der Waals surface area contributed by atoms with E-state index in [0.29, 0.717) is 18.5 Å². The zero-order chi connectivity index (χ0) is 19.2. The normalized spacial score (nSPS) is 15.7. The minimum atomic E-state index is -0.304. The molecule has 2 aromatic rings. The maximum Gasteiger partial charge on any atom is 0.227 e. The largest absolute Gasteiger partial charge is 0.309 e. The smallest absolute Gasteiger partial charge is 0.227 e. The standard InChI is InChI=1S/C22H26F2N2O/c1-2-5-22(27)26(19-10-8-18(23)9-11-19)20-12-14-25(15-13-20)16-17-6-3-4-7-21(17)24/h3-4,6-11,20H,2,5,12-16H2,1H3. The van der Waals surface area contributed by atoms with Gasteiger partial charge in [0.05, 0.1) is 0 Å². The van der Waals surface area contributed by atoms with Crippen LogP contribution in [0.4, 0.5) is 14.5 Å². The molecule has 0 unspecified atom stereocenters. The first-order chi connectivity index (χ1) is 13.1. The first kappa shape index (κ1) is 19.5. The minimum Gasteiger partial charge on any atom is -0.309 e. The van der Waals surface area contributed by atoms with Gasteiger partial charge in [0.15, 0.2) is 0 Å². The van der Waals surface area contributed by atoms with Crippen molar-refractivity contribution in [2.24, 2.45) is 0 Å². The zero-order valence-electron chi connectivity index (χ0n) is 15.7. The van der Waals surface area contributed by atoms with Crippen LogP contribution in [0.25, 0.3) is 0 Å². The number of carbonyl (C=O) groups is 1. The van der Waals surface area contributed by atoms with Gasteiger partial charge in [-0.15, -0.1) is 0 Å². The molecule has 0 N–H and O–H groups in total. The molecule has 0 spiro atoms. The lowest BCUT2D eigenvalue weighted by Gasteiger charge is -2.38. The Balaban J connectivity index is 1.68. The molecule has 3 rings (SSSR count). The Labute approximate surface area is 159 Å². The molecule has 2 aromatic carbocycles. The summed E-state index contributed by atoms with van der Waals surface area (Å²) in [5.41, 5.74) is 1.45. The van der Waals surface area contributed by atoms with Crippen molar-refractivity contribution in [2.45, 2.75) is 45.2 Å². The summed E-state index contributed by atoms with van der Waals surface area (Å²) in [7, 11) is 0. The number of rotatable bonds is 6. The first-order valence-corrected chi connectivity index (χ1v) is 9.62. The van der Waals surface area contributed by atoms with Gasteiger partial charge in [-0.2, -0.15) is 0 Å². The van der Waals surface area contributed by atoms with E-state index in [-0.39, 0.29) is 23.6 Å². The van der Waals surface area contributed by atoms with Crippen molar-refractivity contribution in [2.75, 3.05) is 18.0 Å². The van der Waals surface area contributed by atoms with E-state index in [1.54, 1.807) is 18.2 Å². The molecule has 1 amide bonds. The molecule has 0 atom stereocenters. The molecule has 0 radical (unpaired) electrons. The van der Waals surface area contributed by atoms with Crippen LogP contribution in [0.3, 0.4) is 0 Å². The summed E-state index contributed by atoms with van der Waals surface area (Å²) in [6, 6.07) is 13.1. The predicted octanol–water partition coefficient (Wildman–Crippen LogP) is 4.76. The fraction of sp³-hybridized carbons (Fsp3) is 0.409. The molecule has 1 heterocycles. The average molecular weight is 372 g/mol. The summed E-state index contributed by atoms with van der Waals surface area (Å²) in [4.78, 5) is 16.8. The predicted molar refractivity (Wildman–Crippen MR) is 103 cm³/mol. The lowest BCUT2D eigenvalue weighted by molar-refractivity contribution is -0.119. The molecule has 1 aliphatic rings. The van der Waals surface area contributed by atoms with E-state index in [1.807, 2.05) is 24.0 Å². The van der Waals surface area contributed by atoms with Gasteiger partial charge in [-0.25, -0.2) is 8.78 Å². The molecular weight excluding hydrogens is 346 g/mol. The maximum atomic E-state index is 13.9. The van der Waals surface area contributed by atoms with Crippen LogP contribution >= 0.6 is 0 Å². The van der Waals surface area contributed by atoms with Crippen LogP contribution < -0.4 is 4.90 Å². The summed E-state index contributed by atoms with van der Waals surface area (Å²) < 4.78 is 27.2. The highest BCUT2D eigenvalue weighted by Crippen LogP contribution is 2.26. The van der Waals surface area contributed by atoms with Crippen molar-refractivity contribution < 1.29 is 13.6 Å². The van der Waals surface area contributed by atoms with Gasteiger partial charge in [0.25, 0.3) is 0 Å². The lowest BCUT2D eigenvalue weighted by atomic mass is 10.0. The van der Waals surface area contributed by atoms with Crippen molar-refractivity contribution in [1.82, 2.24) is 4.90 Å². The van der Waals surface area contributed by atoms with Crippen molar-refractivity contribution in [3.05, 3.63) is 65.7 Å². The number of hydrogen-bond donors (Lipinski definition) is 0. The number of benzene rings is 2. The number of halogens is 2. The molecular formula is C22H26F2N2O. The summed E-state index contributed by atoms with van der Waals surface area (Å²) in [5.74, 6) is -0.399. The van der Waals surface area contributed by atoms with Crippen molar-refractivity contribution in [1.29, 1.82) is 0 Å². The van der Waals surface area contributed by atoms with E-state index in [9.17, 15) is 13.6 Å². The van der Waals surface area contributed by atoms with Crippen molar-refractivity contribution >= 4 is 11.6 Å². The molecule has 144 valence electrons. The van der Waals surface area contributed by atoms with Gasteiger partial charge in [0, 0.05) is 43.3 Å². The second-order valence-corrected chi connectivity index (χ2v) is 7.09. The molecule has 3 nitrogen and oxygen atoms in total. The summed E-state index contributed by atoms with van der Waals surface area (Å²) in [6.07, 6.45) is 2.90. The monoisotopic (exact) mass is 372 g/mol. The van der Waals surface area contributed by atoms with Gasteiger partial charge in [0.1, 0.15) is 11.6 Å². The van der Waals surface area contributed by atoms with E-state index in [1.165, 1.54) is 18.2 Å². The van der Waals surface area contributed by atoms with Crippen LogP contribution in [0.1, 0.15) is 38.2 Å². The van der Waals surface area contributed by atoms with Crippen LogP contribution in [-0.2, 0) is 11.3 Å². The molecule has 1 aliphatic heterocycles. The highest BCUT2D eigenvalue weighted by molar-refractivity contribution is 5.93. The van der Waals surface area contributed by atoms with Gasteiger partial charge in [-0.3, -0.25) is 9.69 Å². The molecule has 0 saturated carbocycles. The number of nitrogens with zero attached hydrogens (tertiary/aromatic N) is 2. The number of anilines is 1.